The number of hydrogen-bond acceptors (Lipinski definition) is 12. The number of nitrogens with one attached hydrogen (secondary N) is 1. The summed E-state index contributed by atoms with van der Waals surface area (Å²) in [6.45, 7) is 2.39. The number of morpholine rings is 1. The second kappa shape index (κ2) is 10.8. The van der Waals surface area contributed by atoms with Crippen molar-refractivity contribution in [3.63, 3.8) is 0 Å². The Hall–Kier alpha value is -4.34. The minimum Gasteiger partial charge on any atom is -0.456 e. The summed E-state index contributed by atoms with van der Waals surface area (Å²) in [6, 6.07) is 1.83. The van der Waals surface area contributed by atoms with E-state index in [1.807, 2.05) is 4.90 Å². The fourth-order valence-corrected chi connectivity index (χ4v) is 6.60. The van der Waals surface area contributed by atoms with E-state index in [9.17, 15) is 9.59 Å². The molecular weight excluding hydrogens is 562 g/mol. The quantitative estimate of drug-likeness (QED) is 0.247. The Balaban J connectivity index is 1.23. The summed E-state index contributed by atoms with van der Waals surface area (Å²) in [7, 11) is 0. The maximum Gasteiger partial charge on any atom is 0.254 e. The van der Waals surface area contributed by atoms with Crippen molar-refractivity contribution in [3.8, 4) is 10.4 Å². The lowest BCUT2D eigenvalue weighted by molar-refractivity contribution is -0.427. The summed E-state index contributed by atoms with van der Waals surface area (Å²) in [5.41, 5.74) is 12.0. The van der Waals surface area contributed by atoms with Gasteiger partial charge in [0.25, 0.3) is 5.91 Å². The molecule has 0 unspecified atom stereocenters. The number of primary amides is 1. The van der Waals surface area contributed by atoms with E-state index >= 15 is 0 Å². The first-order valence-electron chi connectivity index (χ1n) is 13.9. The molecule has 6 N–H and O–H groups in total. The maximum absolute atomic E-state index is 12.8. The third-order valence-corrected chi connectivity index (χ3v) is 8.92. The molecule has 1 amide bonds. The van der Waals surface area contributed by atoms with Crippen LogP contribution < -0.4 is 27.1 Å². The van der Waals surface area contributed by atoms with Crippen molar-refractivity contribution in [2.45, 2.75) is 44.2 Å². The van der Waals surface area contributed by atoms with E-state index in [1.165, 1.54) is 30.0 Å². The summed E-state index contributed by atoms with van der Waals surface area (Å²) in [5.74, 6) is 0.359. The molecule has 218 valence electrons. The first kappa shape index (κ1) is 26.6. The highest BCUT2D eigenvalue weighted by molar-refractivity contribution is 7.15. The molecule has 15 heteroatoms. The second-order valence-corrected chi connectivity index (χ2v) is 11.7. The van der Waals surface area contributed by atoms with E-state index in [1.54, 1.807) is 10.6 Å². The van der Waals surface area contributed by atoms with Crippen LogP contribution in [0.15, 0.2) is 38.5 Å². The van der Waals surface area contributed by atoms with Gasteiger partial charge in [-0.25, -0.2) is 9.97 Å². The smallest absolute Gasteiger partial charge is 0.254 e. The number of fused-ring (bicyclic) bond motifs is 2. The van der Waals surface area contributed by atoms with Crippen LogP contribution >= 0.6 is 11.3 Å². The number of anilines is 2. The zero-order chi connectivity index (χ0) is 28.8. The molecule has 1 saturated carbocycles. The van der Waals surface area contributed by atoms with Crippen molar-refractivity contribution in [2.75, 3.05) is 36.5 Å². The van der Waals surface area contributed by atoms with Crippen molar-refractivity contribution in [3.05, 3.63) is 51.3 Å². The van der Waals surface area contributed by atoms with Gasteiger partial charge in [0.15, 0.2) is 17.1 Å². The Bertz CT molecular complexity index is 1840. The number of aromatic nitrogens is 5. The van der Waals surface area contributed by atoms with Crippen LogP contribution in [0, 0.1) is 0 Å². The van der Waals surface area contributed by atoms with Crippen molar-refractivity contribution in [1.82, 2.24) is 24.6 Å². The van der Waals surface area contributed by atoms with Crippen molar-refractivity contribution in [2.24, 2.45) is 5.73 Å². The molecule has 0 radical (unpaired) electrons. The third-order valence-electron chi connectivity index (χ3n) is 7.89. The number of carbonyl (C=O) groups excluding carboxylic acids is 1. The lowest BCUT2D eigenvalue weighted by Crippen LogP contribution is -2.68. The monoisotopic (exact) mass is 592 g/mol. The van der Waals surface area contributed by atoms with E-state index < -0.39 is 5.91 Å². The SMILES string of the molecule is NC(=O)c1c(Cc2ncc(-c3coc4c(=O)cc(N5CCOCC5)oc34)s2)nc(N[C@H]2CCCC[C@H]2[NH3+])n2cnnc12. The number of furan rings is 1. The molecule has 2 aliphatic rings. The van der Waals surface area contributed by atoms with Gasteiger partial charge in [-0.3, -0.25) is 14.0 Å². The molecule has 6 heterocycles. The summed E-state index contributed by atoms with van der Waals surface area (Å²) in [6.07, 6.45) is 9.24. The average Bonchev–Trinajstić information content (AvgIpc) is 3.75. The van der Waals surface area contributed by atoms with E-state index in [0.717, 1.165) is 30.6 Å². The average molecular weight is 593 g/mol. The van der Waals surface area contributed by atoms with Crippen LogP contribution in [-0.4, -0.2) is 68.9 Å². The zero-order valence-corrected chi connectivity index (χ0v) is 23.6. The highest BCUT2D eigenvalue weighted by Gasteiger charge is 2.28. The van der Waals surface area contributed by atoms with Crippen LogP contribution in [0.2, 0.25) is 0 Å². The van der Waals surface area contributed by atoms with Crippen LogP contribution in [0.4, 0.5) is 11.8 Å². The number of ether oxygens (including phenoxy) is 1. The molecular formula is C27H30N9O5S+. The molecule has 2 atom stereocenters. The van der Waals surface area contributed by atoms with Crippen LogP contribution in [0.3, 0.4) is 0 Å². The van der Waals surface area contributed by atoms with Gasteiger partial charge in [-0.2, -0.15) is 0 Å². The van der Waals surface area contributed by atoms with E-state index in [4.69, 9.17) is 24.3 Å². The Labute approximate surface area is 242 Å². The molecule has 7 rings (SSSR count). The molecule has 42 heavy (non-hydrogen) atoms. The van der Waals surface area contributed by atoms with E-state index in [-0.39, 0.29) is 35.1 Å². The van der Waals surface area contributed by atoms with Crippen LogP contribution in [0.1, 0.15) is 46.7 Å². The van der Waals surface area contributed by atoms with Gasteiger partial charge in [0.1, 0.15) is 24.2 Å². The van der Waals surface area contributed by atoms with Crippen molar-refractivity contribution < 1.29 is 24.1 Å². The number of quaternary nitrogens is 1. The highest BCUT2D eigenvalue weighted by Crippen LogP contribution is 2.36. The van der Waals surface area contributed by atoms with Crippen LogP contribution in [0.5, 0.6) is 0 Å². The highest BCUT2D eigenvalue weighted by atomic mass is 32.1. The molecule has 5 aromatic rings. The van der Waals surface area contributed by atoms with E-state index in [0.29, 0.717) is 65.6 Å². The summed E-state index contributed by atoms with van der Waals surface area (Å²) in [5, 5.41) is 12.4. The molecule has 1 aliphatic carbocycles. The van der Waals surface area contributed by atoms with Gasteiger partial charge in [0.05, 0.1) is 46.5 Å². The first-order valence-corrected chi connectivity index (χ1v) is 14.7. The molecule has 0 aromatic carbocycles. The van der Waals surface area contributed by atoms with Gasteiger partial charge in [-0.05, 0) is 12.8 Å². The molecule has 5 aromatic heterocycles. The number of carbonyl (C=O) groups is 1. The second-order valence-electron chi connectivity index (χ2n) is 10.6. The maximum atomic E-state index is 12.8. The zero-order valence-electron chi connectivity index (χ0n) is 22.7. The van der Waals surface area contributed by atoms with Gasteiger partial charge >= 0.3 is 0 Å². The fourth-order valence-electron chi connectivity index (χ4n) is 5.67. The molecule has 1 saturated heterocycles. The topological polar surface area (TPSA) is 195 Å². The molecule has 0 bridgehead atoms. The molecule has 14 nitrogen and oxygen atoms in total. The van der Waals surface area contributed by atoms with Gasteiger partial charge < -0.3 is 35.3 Å². The lowest BCUT2D eigenvalue weighted by atomic mass is 9.91. The number of hydrogen-bond donors (Lipinski definition) is 3. The number of nitrogens with two attached hydrogens (primary N) is 1. The third kappa shape index (κ3) is 4.78. The summed E-state index contributed by atoms with van der Waals surface area (Å²) in [4.78, 5) is 37.6. The molecule has 0 spiro atoms. The lowest BCUT2D eigenvalue weighted by Gasteiger charge is -2.27. The Morgan fingerprint density at radius 2 is 2.05 bits per heavy atom. The minimum atomic E-state index is -0.648. The van der Waals surface area contributed by atoms with Crippen molar-refractivity contribution in [1.29, 1.82) is 0 Å². The number of rotatable bonds is 7. The number of thiazole rings is 1. The minimum absolute atomic E-state index is 0.141. The molecule has 2 fully saturated rings. The van der Waals surface area contributed by atoms with E-state index in [2.05, 4.69) is 26.2 Å². The summed E-state index contributed by atoms with van der Waals surface area (Å²) < 4.78 is 18.9. The molecule has 1 aliphatic heterocycles. The normalized spacial score (nSPS) is 19.5. The van der Waals surface area contributed by atoms with Crippen LogP contribution in [-0.2, 0) is 11.2 Å². The predicted molar refractivity (Wildman–Crippen MR) is 154 cm³/mol. The number of nitrogens with zero attached hydrogens (tertiary/aromatic N) is 6. The van der Waals surface area contributed by atoms with Gasteiger partial charge in [0.2, 0.25) is 17.0 Å². The van der Waals surface area contributed by atoms with Crippen LogP contribution in [0.25, 0.3) is 27.3 Å². The summed E-state index contributed by atoms with van der Waals surface area (Å²) >= 11 is 1.39. The predicted octanol–water partition coefficient (Wildman–Crippen LogP) is 1.44. The van der Waals surface area contributed by atoms with Gasteiger partial charge in [-0.15, -0.1) is 21.5 Å². The Morgan fingerprint density at radius 1 is 1.21 bits per heavy atom. The standard InChI is InChI=1S/C27H29N9O5S/c28-15-3-1-2-4-16(15)32-27-33-17(22(25(29)38)26-34-31-13-36(26)27)9-20-30-11-19(42-20)14-12-40-24-18(37)10-21(41-23(14)24)35-5-7-39-8-6-35/h10-13,15-16H,1-9,28H2,(H2,29,38)(H,32,33)/p+1/t15-,16+/m1/s1. The first-order chi connectivity index (χ1) is 20.5. The Kier molecular flexibility index (Phi) is 6.84. The fraction of sp³-hybridized carbons (Fsp3) is 0.407. The van der Waals surface area contributed by atoms with Gasteiger partial charge in [-0.1, -0.05) is 6.42 Å². The van der Waals surface area contributed by atoms with Crippen molar-refractivity contribution >= 4 is 45.9 Å². The van der Waals surface area contributed by atoms with Gasteiger partial charge in [0, 0.05) is 32.1 Å². The Morgan fingerprint density at radius 3 is 2.86 bits per heavy atom. The number of amides is 1. The largest absolute Gasteiger partial charge is 0.456 e.